The van der Waals surface area contributed by atoms with E-state index in [0.717, 1.165) is 45.3 Å². The third kappa shape index (κ3) is 8.15. The van der Waals surface area contributed by atoms with Gasteiger partial charge >= 0.3 is 0 Å². The second-order valence-electron chi connectivity index (χ2n) is 5.81. The summed E-state index contributed by atoms with van der Waals surface area (Å²) in [5.74, 6) is 0.0894. The van der Waals surface area contributed by atoms with E-state index in [1.165, 1.54) is 5.56 Å². The van der Waals surface area contributed by atoms with Gasteiger partial charge in [0, 0.05) is 39.2 Å². The van der Waals surface area contributed by atoms with E-state index in [1.54, 1.807) is 6.92 Å². The normalized spacial score (nSPS) is 15.8. The van der Waals surface area contributed by atoms with Gasteiger partial charge in [-0.25, -0.2) is 0 Å². The van der Waals surface area contributed by atoms with Crippen molar-refractivity contribution in [3.05, 3.63) is 35.9 Å². The number of rotatable bonds is 5. The Hall–Kier alpha value is -1.39. The second kappa shape index (κ2) is 11.2. The van der Waals surface area contributed by atoms with Crippen molar-refractivity contribution in [2.75, 3.05) is 19.7 Å². The molecule has 0 spiro atoms. The first-order valence-electron chi connectivity index (χ1n) is 8.30. The van der Waals surface area contributed by atoms with Gasteiger partial charge in [-0.3, -0.25) is 9.69 Å². The van der Waals surface area contributed by atoms with Gasteiger partial charge in [-0.2, -0.15) is 0 Å². The number of amides is 1. The molecule has 1 aromatic carbocycles. The molecule has 1 saturated heterocycles. The van der Waals surface area contributed by atoms with Gasteiger partial charge in [0.25, 0.3) is 0 Å². The summed E-state index contributed by atoms with van der Waals surface area (Å²) in [6.45, 7) is 7.15. The Morgan fingerprint density at radius 2 is 1.91 bits per heavy atom. The smallest absolute Gasteiger partial charge is 0.217 e. The maximum Gasteiger partial charge on any atom is 0.217 e. The van der Waals surface area contributed by atoms with Crippen molar-refractivity contribution >= 4 is 5.91 Å². The number of hydrogen-bond donors (Lipinski definition) is 2. The highest BCUT2D eigenvalue weighted by molar-refractivity contribution is 5.73. The van der Waals surface area contributed by atoms with Crippen LogP contribution in [-0.4, -0.2) is 41.7 Å². The van der Waals surface area contributed by atoms with Crippen molar-refractivity contribution in [3.63, 3.8) is 0 Å². The fourth-order valence-corrected chi connectivity index (χ4v) is 2.52. The number of carbonyl (C=O) groups is 1. The molecule has 0 atom stereocenters. The van der Waals surface area contributed by atoms with Gasteiger partial charge in [0.2, 0.25) is 5.91 Å². The van der Waals surface area contributed by atoms with Crippen LogP contribution in [0.3, 0.4) is 0 Å². The Morgan fingerprint density at radius 1 is 1.27 bits per heavy atom. The molecule has 0 aromatic heterocycles. The number of hydrogen-bond acceptors (Lipinski definition) is 3. The number of carbonyl (C=O) groups excluding carboxylic acids is 1. The lowest BCUT2D eigenvalue weighted by molar-refractivity contribution is -0.119. The SMILES string of the molecule is CC(=O)NC1CCN(Cc2ccccc2)CC1.CCCCO. The van der Waals surface area contributed by atoms with Gasteiger partial charge in [0.1, 0.15) is 0 Å². The van der Waals surface area contributed by atoms with Crippen LogP contribution in [0.2, 0.25) is 0 Å². The predicted octanol–water partition coefficient (Wildman–Crippen LogP) is 2.57. The van der Waals surface area contributed by atoms with E-state index in [9.17, 15) is 4.79 Å². The highest BCUT2D eigenvalue weighted by Crippen LogP contribution is 2.13. The largest absolute Gasteiger partial charge is 0.396 e. The van der Waals surface area contributed by atoms with Gasteiger partial charge in [-0.1, -0.05) is 43.7 Å². The first-order chi connectivity index (χ1) is 10.7. The Kier molecular flexibility index (Phi) is 9.51. The van der Waals surface area contributed by atoms with Crippen LogP contribution in [0.1, 0.15) is 45.1 Å². The van der Waals surface area contributed by atoms with E-state index in [0.29, 0.717) is 12.6 Å². The van der Waals surface area contributed by atoms with Gasteiger partial charge in [-0.05, 0) is 24.8 Å². The standard InChI is InChI=1S/C14H20N2O.C4H10O/c1-12(17)15-14-7-9-16(10-8-14)11-13-5-3-2-4-6-13;1-2-3-4-5/h2-6,14H,7-11H2,1H3,(H,15,17);5H,2-4H2,1H3. The molecule has 2 N–H and O–H groups in total. The zero-order valence-corrected chi connectivity index (χ0v) is 13.9. The summed E-state index contributed by atoms with van der Waals surface area (Å²) >= 11 is 0. The van der Waals surface area contributed by atoms with E-state index in [1.807, 2.05) is 6.07 Å². The molecule has 1 aliphatic heterocycles. The molecule has 1 amide bonds. The molecule has 1 fully saturated rings. The Morgan fingerprint density at radius 3 is 2.36 bits per heavy atom. The molecule has 1 aliphatic rings. The number of unbranched alkanes of at least 4 members (excludes halogenated alkanes) is 1. The molecule has 0 unspecified atom stereocenters. The maximum absolute atomic E-state index is 11.0. The van der Waals surface area contributed by atoms with E-state index in [4.69, 9.17) is 5.11 Å². The molecule has 0 aliphatic carbocycles. The van der Waals surface area contributed by atoms with Crippen molar-refractivity contribution in [2.24, 2.45) is 0 Å². The fraction of sp³-hybridized carbons (Fsp3) is 0.611. The molecule has 22 heavy (non-hydrogen) atoms. The Balaban J connectivity index is 0.000000422. The number of aliphatic hydroxyl groups excluding tert-OH is 1. The minimum absolute atomic E-state index is 0.0894. The maximum atomic E-state index is 11.0. The van der Waals surface area contributed by atoms with Crippen molar-refractivity contribution in [2.45, 2.75) is 52.1 Å². The van der Waals surface area contributed by atoms with Crippen LogP contribution in [0.15, 0.2) is 30.3 Å². The number of piperidine rings is 1. The quantitative estimate of drug-likeness (QED) is 0.879. The molecule has 4 heteroatoms. The lowest BCUT2D eigenvalue weighted by Gasteiger charge is -2.32. The lowest BCUT2D eigenvalue weighted by atomic mass is 10.0. The molecule has 0 bridgehead atoms. The summed E-state index contributed by atoms with van der Waals surface area (Å²) < 4.78 is 0. The minimum atomic E-state index is 0.0894. The number of likely N-dealkylation sites (tertiary alicyclic amines) is 1. The summed E-state index contributed by atoms with van der Waals surface area (Å²) in [4.78, 5) is 13.4. The molecule has 0 radical (unpaired) electrons. The van der Waals surface area contributed by atoms with E-state index < -0.39 is 0 Å². The van der Waals surface area contributed by atoms with Crippen LogP contribution in [0.5, 0.6) is 0 Å². The van der Waals surface area contributed by atoms with Crippen LogP contribution < -0.4 is 5.32 Å². The van der Waals surface area contributed by atoms with Gasteiger partial charge < -0.3 is 10.4 Å². The Bertz CT molecular complexity index is 399. The third-order valence-corrected chi connectivity index (χ3v) is 3.76. The molecule has 4 nitrogen and oxygen atoms in total. The van der Waals surface area contributed by atoms with Crippen LogP contribution in [-0.2, 0) is 11.3 Å². The van der Waals surface area contributed by atoms with Crippen molar-refractivity contribution in [3.8, 4) is 0 Å². The highest BCUT2D eigenvalue weighted by Gasteiger charge is 2.19. The summed E-state index contributed by atoms with van der Waals surface area (Å²) in [6.07, 6.45) is 4.16. The number of nitrogens with one attached hydrogen (secondary N) is 1. The van der Waals surface area contributed by atoms with E-state index in [-0.39, 0.29) is 5.91 Å². The van der Waals surface area contributed by atoms with Crippen LogP contribution in [0.4, 0.5) is 0 Å². The molecule has 0 saturated carbocycles. The monoisotopic (exact) mass is 306 g/mol. The number of benzene rings is 1. The topological polar surface area (TPSA) is 52.6 Å². The van der Waals surface area contributed by atoms with Crippen molar-refractivity contribution in [1.29, 1.82) is 0 Å². The fourth-order valence-electron chi connectivity index (χ4n) is 2.52. The molecule has 1 aromatic rings. The zero-order valence-electron chi connectivity index (χ0n) is 13.9. The van der Waals surface area contributed by atoms with E-state index >= 15 is 0 Å². The third-order valence-electron chi connectivity index (χ3n) is 3.76. The Labute approximate surface area is 134 Å². The summed E-state index contributed by atoms with van der Waals surface area (Å²) in [5.41, 5.74) is 1.37. The molecule has 1 heterocycles. The van der Waals surface area contributed by atoms with Gasteiger partial charge in [0.05, 0.1) is 0 Å². The zero-order chi connectivity index (χ0) is 16.2. The molecule has 2 rings (SSSR count). The lowest BCUT2D eigenvalue weighted by Crippen LogP contribution is -2.43. The average Bonchev–Trinajstić information content (AvgIpc) is 2.51. The predicted molar refractivity (Wildman–Crippen MR) is 90.6 cm³/mol. The van der Waals surface area contributed by atoms with Crippen molar-refractivity contribution < 1.29 is 9.90 Å². The van der Waals surface area contributed by atoms with Gasteiger partial charge in [-0.15, -0.1) is 0 Å². The highest BCUT2D eigenvalue weighted by atomic mass is 16.2. The van der Waals surface area contributed by atoms with Crippen LogP contribution in [0, 0.1) is 0 Å². The van der Waals surface area contributed by atoms with E-state index in [2.05, 4.69) is 41.4 Å². The average molecular weight is 306 g/mol. The first kappa shape index (κ1) is 18.7. The van der Waals surface area contributed by atoms with Gasteiger partial charge in [0.15, 0.2) is 0 Å². The van der Waals surface area contributed by atoms with Crippen LogP contribution >= 0.6 is 0 Å². The summed E-state index contributed by atoms with van der Waals surface area (Å²) in [6, 6.07) is 10.9. The first-order valence-corrected chi connectivity index (χ1v) is 8.30. The molecular formula is C18H30N2O2. The second-order valence-corrected chi connectivity index (χ2v) is 5.81. The summed E-state index contributed by atoms with van der Waals surface area (Å²) in [5, 5.41) is 11.1. The van der Waals surface area contributed by atoms with Crippen molar-refractivity contribution in [1.82, 2.24) is 10.2 Å². The van der Waals surface area contributed by atoms with Crippen LogP contribution in [0.25, 0.3) is 0 Å². The molecule has 124 valence electrons. The minimum Gasteiger partial charge on any atom is -0.396 e. The molecular weight excluding hydrogens is 276 g/mol. The number of aliphatic hydroxyl groups is 1. The number of nitrogens with zero attached hydrogens (tertiary/aromatic N) is 1. The summed E-state index contributed by atoms with van der Waals surface area (Å²) in [7, 11) is 0.